The fourth-order valence-electron chi connectivity index (χ4n) is 0.942. The van der Waals surface area contributed by atoms with E-state index < -0.39 is 7.82 Å². The fourth-order valence-corrected chi connectivity index (χ4v) is 0.942. The molecule has 0 saturated carbocycles. The molecule has 0 unspecified atom stereocenters. The molecule has 0 radical (unpaired) electrons. The van der Waals surface area contributed by atoms with Crippen LogP contribution >= 0.6 is 7.82 Å². The van der Waals surface area contributed by atoms with Crippen molar-refractivity contribution in [3.8, 4) is 5.75 Å². The normalized spacial score (nSPS) is 10.5. The number of phosphoric acid groups is 1. The number of rotatable bonds is 0. The van der Waals surface area contributed by atoms with Crippen LogP contribution in [0.3, 0.4) is 0 Å². The van der Waals surface area contributed by atoms with Gasteiger partial charge in [-0.1, -0.05) is 6.07 Å². The van der Waals surface area contributed by atoms with Gasteiger partial charge in [-0.25, -0.2) is 4.57 Å². The van der Waals surface area contributed by atoms with E-state index in [0.717, 1.165) is 5.56 Å². The Morgan fingerprint density at radius 3 is 1.73 bits per heavy atom. The molecule has 0 bridgehead atoms. The van der Waals surface area contributed by atoms with Gasteiger partial charge in [-0.2, -0.15) is 0 Å². The van der Waals surface area contributed by atoms with Gasteiger partial charge >= 0.3 is 7.82 Å². The van der Waals surface area contributed by atoms with Crippen LogP contribution in [0, 0.1) is 20.8 Å². The highest BCUT2D eigenvalue weighted by Crippen LogP contribution is 2.25. The number of benzene rings is 1. The van der Waals surface area contributed by atoms with Gasteiger partial charge in [0.25, 0.3) is 0 Å². The molecule has 0 aliphatic heterocycles. The van der Waals surface area contributed by atoms with E-state index in [9.17, 15) is 5.11 Å². The smallest absolute Gasteiger partial charge is 0.466 e. The Morgan fingerprint density at radius 2 is 1.40 bits per heavy atom. The summed E-state index contributed by atoms with van der Waals surface area (Å²) < 4.78 is 8.88. The average Bonchev–Trinajstić information content (AvgIpc) is 2.05. The van der Waals surface area contributed by atoms with Crippen LogP contribution in [0.15, 0.2) is 12.1 Å². The average molecular weight is 234 g/mol. The molecule has 0 spiro atoms. The van der Waals surface area contributed by atoms with Gasteiger partial charge in [-0.05, 0) is 43.5 Å². The highest BCUT2D eigenvalue weighted by molar-refractivity contribution is 7.45. The standard InChI is InChI=1S/C9H12O.H3O4P/c1-6-4-5-9(10)8(3)7(6)2;1-5(2,3)4/h4-5,10H,1-3H3;(H3,1,2,3,4). The van der Waals surface area contributed by atoms with Gasteiger partial charge in [-0.15, -0.1) is 0 Å². The van der Waals surface area contributed by atoms with Crippen molar-refractivity contribution in [1.82, 2.24) is 0 Å². The molecule has 0 atom stereocenters. The van der Waals surface area contributed by atoms with Crippen molar-refractivity contribution < 1.29 is 24.4 Å². The first kappa shape index (κ1) is 14.1. The second kappa shape index (κ2) is 5.28. The zero-order valence-corrected chi connectivity index (χ0v) is 9.69. The first-order valence-corrected chi connectivity index (χ1v) is 5.73. The molecule has 0 aliphatic rings. The summed E-state index contributed by atoms with van der Waals surface area (Å²) >= 11 is 0. The topological polar surface area (TPSA) is 98.0 Å². The molecule has 86 valence electrons. The summed E-state index contributed by atoms with van der Waals surface area (Å²) in [5.74, 6) is 0.392. The van der Waals surface area contributed by atoms with E-state index in [2.05, 4.69) is 0 Å². The lowest BCUT2D eigenvalue weighted by Crippen LogP contribution is -1.85. The Labute approximate surface area is 88.3 Å². The van der Waals surface area contributed by atoms with Gasteiger partial charge in [-0.3, -0.25) is 0 Å². The fraction of sp³-hybridized carbons (Fsp3) is 0.333. The van der Waals surface area contributed by atoms with Crippen LogP contribution in [-0.2, 0) is 4.57 Å². The van der Waals surface area contributed by atoms with E-state index in [4.69, 9.17) is 19.2 Å². The van der Waals surface area contributed by atoms with E-state index in [1.807, 2.05) is 26.8 Å². The largest absolute Gasteiger partial charge is 0.508 e. The maximum atomic E-state index is 9.22. The Kier molecular flexibility index (Phi) is 4.97. The lowest BCUT2D eigenvalue weighted by Gasteiger charge is -2.04. The Bertz CT molecular complexity index is 347. The highest BCUT2D eigenvalue weighted by Gasteiger charge is 2.00. The van der Waals surface area contributed by atoms with Crippen molar-refractivity contribution in [3.63, 3.8) is 0 Å². The van der Waals surface area contributed by atoms with Crippen molar-refractivity contribution >= 4 is 7.82 Å². The summed E-state index contributed by atoms with van der Waals surface area (Å²) in [4.78, 5) is 21.6. The van der Waals surface area contributed by atoms with Crippen molar-refractivity contribution in [2.75, 3.05) is 0 Å². The summed E-state index contributed by atoms with van der Waals surface area (Å²) in [5, 5.41) is 9.22. The van der Waals surface area contributed by atoms with E-state index >= 15 is 0 Å². The first-order valence-electron chi connectivity index (χ1n) is 4.17. The number of phenols is 1. The van der Waals surface area contributed by atoms with Crippen molar-refractivity contribution in [2.45, 2.75) is 20.8 Å². The predicted octanol–water partition coefficient (Wildman–Crippen LogP) is 1.39. The minimum Gasteiger partial charge on any atom is -0.508 e. The van der Waals surface area contributed by atoms with E-state index in [1.54, 1.807) is 6.07 Å². The van der Waals surface area contributed by atoms with Gasteiger partial charge in [0.2, 0.25) is 0 Å². The summed E-state index contributed by atoms with van der Waals surface area (Å²) in [6, 6.07) is 3.66. The van der Waals surface area contributed by atoms with Crippen LogP contribution < -0.4 is 0 Å². The molecule has 15 heavy (non-hydrogen) atoms. The predicted molar refractivity (Wildman–Crippen MR) is 56.6 cm³/mol. The second-order valence-electron chi connectivity index (χ2n) is 3.16. The van der Waals surface area contributed by atoms with Crippen LogP contribution in [0.5, 0.6) is 5.75 Å². The zero-order chi connectivity index (χ0) is 12.2. The maximum Gasteiger partial charge on any atom is 0.466 e. The van der Waals surface area contributed by atoms with E-state index in [0.29, 0.717) is 5.75 Å². The van der Waals surface area contributed by atoms with E-state index in [1.165, 1.54) is 11.1 Å². The van der Waals surface area contributed by atoms with Crippen LogP contribution in [-0.4, -0.2) is 19.8 Å². The van der Waals surface area contributed by atoms with Gasteiger partial charge in [0.1, 0.15) is 5.75 Å². The Morgan fingerprint density at radius 1 is 1.00 bits per heavy atom. The first-order chi connectivity index (χ1) is 6.63. The third-order valence-electron chi connectivity index (χ3n) is 2.03. The van der Waals surface area contributed by atoms with Gasteiger partial charge in [0.05, 0.1) is 0 Å². The van der Waals surface area contributed by atoms with Crippen molar-refractivity contribution in [2.24, 2.45) is 0 Å². The molecule has 0 saturated heterocycles. The molecule has 0 heterocycles. The molecular weight excluding hydrogens is 219 g/mol. The lowest BCUT2D eigenvalue weighted by molar-refractivity contribution is 0.275. The monoisotopic (exact) mass is 234 g/mol. The lowest BCUT2D eigenvalue weighted by atomic mass is 10.0. The van der Waals surface area contributed by atoms with Crippen molar-refractivity contribution in [3.05, 3.63) is 28.8 Å². The summed E-state index contributed by atoms with van der Waals surface area (Å²) in [5.41, 5.74) is 3.40. The molecule has 1 rings (SSSR count). The van der Waals surface area contributed by atoms with Crippen molar-refractivity contribution in [1.29, 1.82) is 0 Å². The van der Waals surface area contributed by atoms with E-state index in [-0.39, 0.29) is 0 Å². The third-order valence-corrected chi connectivity index (χ3v) is 2.03. The van der Waals surface area contributed by atoms with Crippen LogP contribution in [0.1, 0.15) is 16.7 Å². The van der Waals surface area contributed by atoms with Gasteiger partial charge < -0.3 is 19.8 Å². The minimum atomic E-state index is -4.64. The van der Waals surface area contributed by atoms with Crippen LogP contribution in [0.4, 0.5) is 0 Å². The molecule has 1 aromatic rings. The highest BCUT2D eigenvalue weighted by atomic mass is 31.2. The molecule has 0 aromatic heterocycles. The number of hydrogen-bond donors (Lipinski definition) is 4. The second-order valence-corrected chi connectivity index (χ2v) is 4.19. The molecule has 0 amide bonds. The maximum absolute atomic E-state index is 9.22. The molecule has 6 heteroatoms. The minimum absolute atomic E-state index is 0.392. The third kappa shape index (κ3) is 6.25. The summed E-state index contributed by atoms with van der Waals surface area (Å²) in [7, 11) is -4.64. The molecule has 0 fully saturated rings. The molecular formula is C9H15O5P. The number of hydrogen-bond acceptors (Lipinski definition) is 2. The summed E-state index contributed by atoms with van der Waals surface area (Å²) in [6.45, 7) is 5.99. The molecule has 5 nitrogen and oxygen atoms in total. The number of phenolic OH excluding ortho intramolecular Hbond substituents is 1. The molecule has 1 aromatic carbocycles. The summed E-state index contributed by atoms with van der Waals surface area (Å²) in [6.07, 6.45) is 0. The quantitative estimate of drug-likeness (QED) is 0.508. The SMILES string of the molecule is Cc1ccc(O)c(C)c1C.O=P(O)(O)O. The van der Waals surface area contributed by atoms with Crippen LogP contribution in [0.2, 0.25) is 0 Å². The van der Waals surface area contributed by atoms with Crippen LogP contribution in [0.25, 0.3) is 0 Å². The molecule has 0 aliphatic carbocycles. The van der Waals surface area contributed by atoms with Gasteiger partial charge in [0, 0.05) is 0 Å². The number of aromatic hydroxyl groups is 1. The zero-order valence-electron chi connectivity index (χ0n) is 8.80. The Balaban J connectivity index is 0.000000336. The molecule has 4 N–H and O–H groups in total. The van der Waals surface area contributed by atoms with Gasteiger partial charge in [0.15, 0.2) is 0 Å². The number of aryl methyl sites for hydroxylation is 1. The Hall–Kier alpha value is -0.870.